The minimum Gasteiger partial charge on any atom is -0.385 e. The van der Waals surface area contributed by atoms with E-state index < -0.39 is 0 Å². The van der Waals surface area contributed by atoms with Gasteiger partial charge in [0.15, 0.2) is 0 Å². The highest BCUT2D eigenvalue weighted by Crippen LogP contribution is 1.95. The Kier molecular flexibility index (Phi) is 4.98. The molecule has 0 saturated heterocycles. The predicted molar refractivity (Wildman–Crippen MR) is 42.2 cm³/mol. The van der Waals surface area contributed by atoms with Gasteiger partial charge in [0, 0.05) is 12.2 Å². The van der Waals surface area contributed by atoms with Gasteiger partial charge in [0.2, 0.25) is 0 Å². The molecule has 1 nitrogen and oxygen atoms in total. The Morgan fingerprint density at radius 1 is 1.67 bits per heavy atom. The molecule has 9 heavy (non-hydrogen) atoms. The zero-order chi connectivity index (χ0) is 7.11. The maximum atomic E-state index is 3.82. The zero-order valence-corrected chi connectivity index (χ0v) is 6.11. The van der Waals surface area contributed by atoms with Gasteiger partial charge in [0.1, 0.15) is 0 Å². The molecular formula is C8H15N. The first-order valence-corrected chi connectivity index (χ1v) is 3.33. The second-order valence-corrected chi connectivity index (χ2v) is 2.02. The molecule has 1 heteroatoms. The number of nitrogens with one attached hydrogen (secondary N) is 1. The average Bonchev–Trinajstić information content (AvgIpc) is 1.85. The Hall–Kier alpha value is -0.720. The summed E-state index contributed by atoms with van der Waals surface area (Å²) in [5, 5.41) is 3.12. The standard InChI is InChI=1S/C8H15N/c1-4-6-8(3)9-7-5-2/h5,9H,2-4,6-7H2,1H3. The Bertz CT molecular complexity index is 94.7. The SMILES string of the molecule is C=CCNC(=C)CCC. The number of hydrogen-bond donors (Lipinski definition) is 1. The predicted octanol–water partition coefficient (Wildman–Crippen LogP) is 2.08. The maximum Gasteiger partial charge on any atom is 0.0325 e. The third-order valence-electron chi connectivity index (χ3n) is 1.05. The Balaban J connectivity index is 3.16. The molecule has 52 valence electrons. The van der Waals surface area contributed by atoms with Crippen LogP contribution in [0.4, 0.5) is 0 Å². The van der Waals surface area contributed by atoms with E-state index in [1.165, 1.54) is 0 Å². The van der Waals surface area contributed by atoms with E-state index in [0.717, 1.165) is 25.1 Å². The van der Waals surface area contributed by atoms with Crippen molar-refractivity contribution in [3.8, 4) is 0 Å². The monoisotopic (exact) mass is 125 g/mol. The van der Waals surface area contributed by atoms with Gasteiger partial charge in [0.05, 0.1) is 0 Å². The highest BCUT2D eigenvalue weighted by atomic mass is 14.9. The Morgan fingerprint density at radius 3 is 2.78 bits per heavy atom. The van der Waals surface area contributed by atoms with E-state index in [1.54, 1.807) is 0 Å². The van der Waals surface area contributed by atoms with Crippen LogP contribution in [0.2, 0.25) is 0 Å². The molecule has 0 aromatic carbocycles. The quantitative estimate of drug-likeness (QED) is 0.555. The summed E-state index contributed by atoms with van der Waals surface area (Å²) in [6, 6.07) is 0. The molecule has 0 aliphatic rings. The molecule has 0 heterocycles. The summed E-state index contributed by atoms with van der Waals surface area (Å²) in [7, 11) is 0. The normalized spacial score (nSPS) is 8.56. The lowest BCUT2D eigenvalue weighted by atomic mass is 10.3. The summed E-state index contributed by atoms with van der Waals surface area (Å²) in [4.78, 5) is 0. The van der Waals surface area contributed by atoms with Crippen molar-refractivity contribution in [3.63, 3.8) is 0 Å². The minimum atomic E-state index is 0.832. The van der Waals surface area contributed by atoms with Crippen molar-refractivity contribution >= 4 is 0 Å². The van der Waals surface area contributed by atoms with E-state index in [4.69, 9.17) is 0 Å². The fraction of sp³-hybridized carbons (Fsp3) is 0.500. The van der Waals surface area contributed by atoms with Crippen molar-refractivity contribution in [1.29, 1.82) is 0 Å². The first kappa shape index (κ1) is 8.28. The van der Waals surface area contributed by atoms with Gasteiger partial charge in [-0.3, -0.25) is 0 Å². The second-order valence-electron chi connectivity index (χ2n) is 2.02. The highest BCUT2D eigenvalue weighted by molar-refractivity contribution is 4.92. The van der Waals surface area contributed by atoms with Gasteiger partial charge >= 0.3 is 0 Å². The lowest BCUT2D eigenvalue weighted by Gasteiger charge is -2.03. The third kappa shape index (κ3) is 5.15. The molecule has 0 saturated carbocycles. The van der Waals surface area contributed by atoms with Crippen molar-refractivity contribution in [2.24, 2.45) is 0 Å². The molecule has 0 spiro atoms. The van der Waals surface area contributed by atoms with Gasteiger partial charge in [-0.2, -0.15) is 0 Å². The Labute approximate surface area is 57.5 Å². The van der Waals surface area contributed by atoms with Crippen LogP contribution in [0, 0.1) is 0 Å². The van der Waals surface area contributed by atoms with E-state index in [9.17, 15) is 0 Å². The van der Waals surface area contributed by atoms with Crippen LogP contribution in [0.5, 0.6) is 0 Å². The van der Waals surface area contributed by atoms with Crippen LogP contribution in [0.3, 0.4) is 0 Å². The molecule has 0 bridgehead atoms. The van der Waals surface area contributed by atoms with Crippen LogP contribution in [0.15, 0.2) is 24.9 Å². The number of allylic oxidation sites excluding steroid dienone is 1. The van der Waals surface area contributed by atoms with Crippen LogP contribution in [-0.2, 0) is 0 Å². The fourth-order valence-electron chi connectivity index (χ4n) is 0.607. The molecule has 0 aromatic heterocycles. The van der Waals surface area contributed by atoms with Crippen LogP contribution in [-0.4, -0.2) is 6.54 Å². The molecule has 0 unspecified atom stereocenters. The number of rotatable bonds is 5. The molecule has 1 N–H and O–H groups in total. The summed E-state index contributed by atoms with van der Waals surface area (Å²) in [6.45, 7) is 10.4. The molecule has 0 aliphatic carbocycles. The average molecular weight is 125 g/mol. The second kappa shape index (κ2) is 5.42. The van der Waals surface area contributed by atoms with Crippen LogP contribution < -0.4 is 5.32 Å². The fourth-order valence-corrected chi connectivity index (χ4v) is 0.607. The molecule has 0 atom stereocenters. The molecular weight excluding hydrogens is 110 g/mol. The molecule has 0 aliphatic heterocycles. The smallest absolute Gasteiger partial charge is 0.0325 e. The lowest BCUT2D eigenvalue weighted by molar-refractivity contribution is 0.789. The molecule has 0 radical (unpaired) electrons. The number of hydrogen-bond acceptors (Lipinski definition) is 1. The van der Waals surface area contributed by atoms with Gasteiger partial charge in [-0.1, -0.05) is 26.0 Å². The maximum absolute atomic E-state index is 3.82. The first-order valence-electron chi connectivity index (χ1n) is 3.33. The summed E-state index contributed by atoms with van der Waals surface area (Å²) >= 11 is 0. The van der Waals surface area contributed by atoms with E-state index in [1.807, 2.05) is 6.08 Å². The lowest BCUT2D eigenvalue weighted by Crippen LogP contribution is -2.11. The summed E-state index contributed by atoms with van der Waals surface area (Å²) in [5.41, 5.74) is 1.11. The van der Waals surface area contributed by atoms with Crippen molar-refractivity contribution < 1.29 is 0 Å². The summed E-state index contributed by atoms with van der Waals surface area (Å²) < 4.78 is 0. The van der Waals surface area contributed by atoms with E-state index >= 15 is 0 Å². The van der Waals surface area contributed by atoms with E-state index in [2.05, 4.69) is 25.4 Å². The minimum absolute atomic E-state index is 0.832. The summed E-state index contributed by atoms with van der Waals surface area (Å²) in [5.74, 6) is 0. The van der Waals surface area contributed by atoms with Gasteiger partial charge in [-0.25, -0.2) is 0 Å². The Morgan fingerprint density at radius 2 is 2.33 bits per heavy atom. The highest BCUT2D eigenvalue weighted by Gasteiger charge is 1.85. The van der Waals surface area contributed by atoms with Crippen LogP contribution in [0.1, 0.15) is 19.8 Å². The molecule has 0 fully saturated rings. The van der Waals surface area contributed by atoms with Crippen LogP contribution >= 0.6 is 0 Å². The van der Waals surface area contributed by atoms with Crippen molar-refractivity contribution in [3.05, 3.63) is 24.9 Å². The van der Waals surface area contributed by atoms with Crippen molar-refractivity contribution in [2.45, 2.75) is 19.8 Å². The van der Waals surface area contributed by atoms with Crippen molar-refractivity contribution in [2.75, 3.05) is 6.54 Å². The molecule has 0 aromatic rings. The van der Waals surface area contributed by atoms with E-state index in [-0.39, 0.29) is 0 Å². The topological polar surface area (TPSA) is 12.0 Å². The van der Waals surface area contributed by atoms with Gasteiger partial charge in [-0.15, -0.1) is 6.58 Å². The zero-order valence-electron chi connectivity index (χ0n) is 6.11. The third-order valence-corrected chi connectivity index (χ3v) is 1.05. The van der Waals surface area contributed by atoms with Crippen molar-refractivity contribution in [1.82, 2.24) is 5.32 Å². The summed E-state index contributed by atoms with van der Waals surface area (Å²) in [6.07, 6.45) is 4.05. The largest absolute Gasteiger partial charge is 0.385 e. The van der Waals surface area contributed by atoms with Gasteiger partial charge < -0.3 is 5.32 Å². The molecule has 0 rings (SSSR count). The van der Waals surface area contributed by atoms with E-state index in [0.29, 0.717) is 0 Å². The first-order chi connectivity index (χ1) is 4.31. The van der Waals surface area contributed by atoms with Gasteiger partial charge in [0.25, 0.3) is 0 Å². The van der Waals surface area contributed by atoms with Crippen LogP contribution in [0.25, 0.3) is 0 Å². The van der Waals surface area contributed by atoms with Gasteiger partial charge in [-0.05, 0) is 6.42 Å². The molecule has 0 amide bonds.